The summed E-state index contributed by atoms with van der Waals surface area (Å²) in [5.41, 5.74) is 2.40. The third-order valence-corrected chi connectivity index (χ3v) is 5.51. The molecule has 32 heavy (non-hydrogen) atoms. The molecule has 0 amide bonds. The van der Waals surface area contributed by atoms with Crippen LogP contribution in [0.4, 0.5) is 19.0 Å². The number of pyridine rings is 2. The fraction of sp³-hybridized carbons (Fsp3) is 0.333. The number of ether oxygens (including phenoxy) is 1. The molecule has 166 valence electrons. The summed E-state index contributed by atoms with van der Waals surface area (Å²) in [4.78, 5) is 14.6. The zero-order valence-corrected chi connectivity index (χ0v) is 17.3. The van der Waals surface area contributed by atoms with Gasteiger partial charge < -0.3 is 18.7 Å². The summed E-state index contributed by atoms with van der Waals surface area (Å²) in [5.74, 6) is -0.479. The standard InChI is InChI=1S/C21H19F3N6O2/c1-12-11-31-6-5-30(12)18-9-14-8-16(26-10-17(14)29(18)2)15-7-13(3-4-25-15)19-27-20(32-28-19)21(22,23)24/h3-4,7-10,12H,5-6,11H2,1-2H3/t12-/m0/s1. The molecule has 1 aliphatic rings. The minimum atomic E-state index is -4.70. The minimum Gasteiger partial charge on any atom is -0.377 e. The summed E-state index contributed by atoms with van der Waals surface area (Å²) in [6.07, 6.45) is -1.45. The molecular weight excluding hydrogens is 425 g/mol. The number of nitrogens with zero attached hydrogens (tertiary/aromatic N) is 6. The first-order valence-electron chi connectivity index (χ1n) is 9.99. The maximum atomic E-state index is 12.8. The SMILES string of the molecule is C[C@H]1COCCN1c1cc2cc(-c3cc(-c4noc(C(F)(F)F)n4)ccn3)ncc2n1C. The van der Waals surface area contributed by atoms with Crippen LogP contribution in [0.1, 0.15) is 12.8 Å². The third-order valence-electron chi connectivity index (χ3n) is 5.51. The van der Waals surface area contributed by atoms with Crippen molar-refractivity contribution >= 4 is 16.7 Å². The third kappa shape index (κ3) is 3.58. The molecule has 0 spiro atoms. The largest absolute Gasteiger partial charge is 0.471 e. The van der Waals surface area contributed by atoms with Gasteiger partial charge in [0.25, 0.3) is 0 Å². The van der Waals surface area contributed by atoms with Crippen molar-refractivity contribution in [1.82, 2.24) is 24.7 Å². The summed E-state index contributed by atoms with van der Waals surface area (Å²) in [5, 5.41) is 4.42. The highest BCUT2D eigenvalue weighted by Gasteiger charge is 2.38. The molecule has 5 heterocycles. The van der Waals surface area contributed by atoms with Crippen molar-refractivity contribution in [2.45, 2.75) is 19.1 Å². The van der Waals surface area contributed by atoms with Gasteiger partial charge in [-0.25, -0.2) is 0 Å². The monoisotopic (exact) mass is 444 g/mol. The van der Waals surface area contributed by atoms with Gasteiger partial charge in [0, 0.05) is 30.7 Å². The highest BCUT2D eigenvalue weighted by Crippen LogP contribution is 2.32. The Labute approximate surface area is 180 Å². The van der Waals surface area contributed by atoms with Crippen LogP contribution in [0.15, 0.2) is 41.2 Å². The van der Waals surface area contributed by atoms with E-state index < -0.39 is 12.1 Å². The van der Waals surface area contributed by atoms with Crippen LogP contribution in [0.25, 0.3) is 33.7 Å². The molecule has 0 aromatic carbocycles. The lowest BCUT2D eigenvalue weighted by molar-refractivity contribution is -0.159. The molecule has 1 aliphatic heterocycles. The first-order chi connectivity index (χ1) is 15.3. The Hall–Kier alpha value is -3.47. The van der Waals surface area contributed by atoms with Crippen molar-refractivity contribution in [1.29, 1.82) is 0 Å². The zero-order chi connectivity index (χ0) is 22.5. The number of rotatable bonds is 3. The predicted molar refractivity (Wildman–Crippen MR) is 110 cm³/mol. The van der Waals surface area contributed by atoms with Crippen LogP contribution in [0, 0.1) is 0 Å². The van der Waals surface area contributed by atoms with E-state index in [2.05, 4.69) is 47.1 Å². The minimum absolute atomic E-state index is 0.162. The molecule has 8 nitrogen and oxygen atoms in total. The molecule has 0 saturated carbocycles. The van der Waals surface area contributed by atoms with Gasteiger partial charge in [0.15, 0.2) is 0 Å². The van der Waals surface area contributed by atoms with Gasteiger partial charge >= 0.3 is 12.1 Å². The molecule has 0 bridgehead atoms. The first kappa shape index (κ1) is 20.4. The summed E-state index contributed by atoms with van der Waals surface area (Å²) in [7, 11) is 1.99. The van der Waals surface area contributed by atoms with Crippen LogP contribution < -0.4 is 4.90 Å². The van der Waals surface area contributed by atoms with Gasteiger partial charge in [-0.3, -0.25) is 9.97 Å². The van der Waals surface area contributed by atoms with E-state index in [1.807, 2.05) is 13.1 Å². The lowest BCUT2D eigenvalue weighted by atomic mass is 10.1. The Morgan fingerprint density at radius 1 is 1.12 bits per heavy atom. The van der Waals surface area contributed by atoms with Gasteiger partial charge in [0.05, 0.1) is 42.4 Å². The van der Waals surface area contributed by atoms with Crippen LogP contribution in [0.5, 0.6) is 0 Å². The fourth-order valence-corrected chi connectivity index (χ4v) is 3.87. The molecule has 11 heteroatoms. The number of aromatic nitrogens is 5. The van der Waals surface area contributed by atoms with E-state index in [0.29, 0.717) is 30.2 Å². The van der Waals surface area contributed by atoms with E-state index in [0.717, 1.165) is 23.3 Å². The summed E-state index contributed by atoms with van der Waals surface area (Å²) in [6, 6.07) is 7.38. The van der Waals surface area contributed by atoms with E-state index in [9.17, 15) is 13.2 Å². The second kappa shape index (κ2) is 7.59. The second-order valence-electron chi connectivity index (χ2n) is 7.66. The van der Waals surface area contributed by atoms with Crippen LogP contribution in [0.2, 0.25) is 0 Å². The van der Waals surface area contributed by atoms with Gasteiger partial charge in [-0.2, -0.15) is 18.2 Å². The predicted octanol–water partition coefficient (Wildman–Crippen LogP) is 3.93. The molecule has 0 radical (unpaired) electrons. The van der Waals surface area contributed by atoms with Crippen molar-refractivity contribution in [3.8, 4) is 22.8 Å². The lowest BCUT2D eigenvalue weighted by Gasteiger charge is -2.35. The number of aryl methyl sites for hydroxylation is 1. The Morgan fingerprint density at radius 3 is 2.69 bits per heavy atom. The Bertz CT molecular complexity index is 1280. The van der Waals surface area contributed by atoms with Gasteiger partial charge in [-0.05, 0) is 31.2 Å². The Morgan fingerprint density at radius 2 is 1.94 bits per heavy atom. The molecular formula is C21H19F3N6O2. The van der Waals surface area contributed by atoms with Gasteiger partial charge in [0.2, 0.25) is 5.82 Å². The van der Waals surface area contributed by atoms with Crippen LogP contribution in [-0.4, -0.2) is 50.5 Å². The number of anilines is 1. The molecule has 4 aromatic rings. The normalized spacial score (nSPS) is 17.3. The quantitative estimate of drug-likeness (QED) is 0.474. The van der Waals surface area contributed by atoms with E-state index in [1.165, 1.54) is 12.3 Å². The smallest absolute Gasteiger partial charge is 0.377 e. The number of halogens is 3. The molecule has 0 aliphatic carbocycles. The number of hydrogen-bond donors (Lipinski definition) is 0. The van der Waals surface area contributed by atoms with E-state index in [-0.39, 0.29) is 11.9 Å². The summed E-state index contributed by atoms with van der Waals surface area (Å²) < 4.78 is 50.3. The first-order valence-corrected chi connectivity index (χ1v) is 9.99. The molecule has 1 fully saturated rings. The maximum absolute atomic E-state index is 12.8. The second-order valence-corrected chi connectivity index (χ2v) is 7.66. The number of hydrogen-bond acceptors (Lipinski definition) is 7. The number of alkyl halides is 3. The van der Waals surface area contributed by atoms with E-state index in [1.54, 1.807) is 12.3 Å². The van der Waals surface area contributed by atoms with Crippen molar-refractivity contribution in [3.63, 3.8) is 0 Å². The van der Waals surface area contributed by atoms with Crippen LogP contribution >= 0.6 is 0 Å². The Kier molecular flexibility index (Phi) is 4.85. The summed E-state index contributed by atoms with van der Waals surface area (Å²) >= 11 is 0. The number of morpholine rings is 1. The van der Waals surface area contributed by atoms with Crippen molar-refractivity contribution in [3.05, 3.63) is 42.5 Å². The van der Waals surface area contributed by atoms with Gasteiger partial charge in [-0.15, -0.1) is 0 Å². The van der Waals surface area contributed by atoms with Crippen LogP contribution in [0.3, 0.4) is 0 Å². The Balaban J connectivity index is 1.50. The van der Waals surface area contributed by atoms with Gasteiger partial charge in [-0.1, -0.05) is 5.16 Å². The molecule has 4 aromatic heterocycles. The van der Waals surface area contributed by atoms with Crippen molar-refractivity contribution < 1.29 is 22.4 Å². The summed E-state index contributed by atoms with van der Waals surface area (Å²) in [6.45, 7) is 4.28. The maximum Gasteiger partial charge on any atom is 0.471 e. The molecule has 0 N–H and O–H groups in total. The molecule has 1 saturated heterocycles. The van der Waals surface area contributed by atoms with E-state index >= 15 is 0 Å². The number of fused-ring (bicyclic) bond motifs is 1. The average molecular weight is 444 g/mol. The average Bonchev–Trinajstić information content (AvgIpc) is 3.40. The van der Waals surface area contributed by atoms with Crippen molar-refractivity contribution in [2.24, 2.45) is 7.05 Å². The molecule has 1 atom stereocenters. The lowest BCUT2D eigenvalue weighted by Crippen LogP contribution is -2.44. The topological polar surface area (TPSA) is 82.1 Å². The van der Waals surface area contributed by atoms with Gasteiger partial charge in [0.1, 0.15) is 5.82 Å². The fourth-order valence-electron chi connectivity index (χ4n) is 3.87. The highest BCUT2D eigenvalue weighted by molar-refractivity contribution is 5.87. The van der Waals surface area contributed by atoms with Crippen LogP contribution in [-0.2, 0) is 18.0 Å². The molecule has 0 unspecified atom stereocenters. The highest BCUT2D eigenvalue weighted by atomic mass is 19.4. The van der Waals surface area contributed by atoms with E-state index in [4.69, 9.17) is 4.74 Å². The molecule has 5 rings (SSSR count). The zero-order valence-electron chi connectivity index (χ0n) is 17.3. The van der Waals surface area contributed by atoms with Crippen molar-refractivity contribution in [2.75, 3.05) is 24.7 Å².